The Labute approximate surface area is 88.5 Å². The predicted octanol–water partition coefficient (Wildman–Crippen LogP) is 1.92. The molecule has 0 aliphatic heterocycles. The molecule has 78 valence electrons. The summed E-state index contributed by atoms with van der Waals surface area (Å²) in [5, 5.41) is 11.3. The minimum atomic E-state index is -0.189. The summed E-state index contributed by atoms with van der Waals surface area (Å²) in [7, 11) is 0. The van der Waals surface area contributed by atoms with Gasteiger partial charge in [0.1, 0.15) is 5.75 Å². The molecule has 4 nitrogen and oxygen atoms in total. The molecule has 0 radical (unpaired) electrons. The highest BCUT2D eigenvalue weighted by Crippen LogP contribution is 2.25. The molecule has 0 spiro atoms. The third-order valence-electron chi connectivity index (χ3n) is 1.72. The quantitative estimate of drug-likeness (QED) is 0.818. The molecule has 0 saturated heterocycles. The zero-order valence-electron chi connectivity index (χ0n) is 8.70. The van der Waals surface area contributed by atoms with Gasteiger partial charge in [0, 0.05) is 6.92 Å². The number of rotatable bonds is 3. The monoisotopic (exact) mass is 204 g/mol. The fourth-order valence-electron chi connectivity index (χ4n) is 1.17. The van der Waals surface area contributed by atoms with Gasteiger partial charge in [0.05, 0.1) is 23.9 Å². The molecule has 0 aliphatic carbocycles. The van der Waals surface area contributed by atoms with Crippen molar-refractivity contribution in [3.8, 4) is 11.8 Å². The molecule has 1 N–H and O–H groups in total. The molecule has 1 aromatic carbocycles. The third-order valence-corrected chi connectivity index (χ3v) is 1.72. The number of nitrogens with one attached hydrogen (secondary N) is 1. The molecule has 0 fully saturated rings. The fraction of sp³-hybridized carbons (Fsp3) is 0.273. The summed E-state index contributed by atoms with van der Waals surface area (Å²) in [6.07, 6.45) is 0. The fourth-order valence-corrected chi connectivity index (χ4v) is 1.17. The van der Waals surface area contributed by atoms with E-state index in [4.69, 9.17) is 10.00 Å². The molecule has 0 bridgehead atoms. The highest BCUT2D eigenvalue weighted by atomic mass is 16.5. The van der Waals surface area contributed by atoms with Crippen LogP contribution in [-0.2, 0) is 4.79 Å². The Morgan fingerprint density at radius 1 is 1.60 bits per heavy atom. The van der Waals surface area contributed by atoms with Gasteiger partial charge in [-0.3, -0.25) is 4.79 Å². The minimum absolute atomic E-state index is 0.189. The van der Waals surface area contributed by atoms with Gasteiger partial charge in [-0.15, -0.1) is 0 Å². The van der Waals surface area contributed by atoms with Crippen LogP contribution in [0.3, 0.4) is 0 Å². The molecule has 1 aromatic rings. The van der Waals surface area contributed by atoms with Crippen molar-refractivity contribution in [3.63, 3.8) is 0 Å². The van der Waals surface area contributed by atoms with Gasteiger partial charge in [0.15, 0.2) is 0 Å². The molecule has 1 rings (SSSR count). The summed E-state index contributed by atoms with van der Waals surface area (Å²) in [6, 6.07) is 6.92. The topological polar surface area (TPSA) is 62.1 Å². The molecular formula is C11H12N2O2. The molecule has 0 atom stereocenters. The third kappa shape index (κ3) is 2.99. The van der Waals surface area contributed by atoms with Crippen molar-refractivity contribution in [2.24, 2.45) is 0 Å². The van der Waals surface area contributed by atoms with Crippen LogP contribution in [0.25, 0.3) is 0 Å². The number of amides is 1. The van der Waals surface area contributed by atoms with E-state index in [0.717, 1.165) is 0 Å². The average Bonchev–Trinajstić information content (AvgIpc) is 2.20. The van der Waals surface area contributed by atoms with Crippen molar-refractivity contribution in [1.82, 2.24) is 0 Å². The van der Waals surface area contributed by atoms with Gasteiger partial charge in [-0.25, -0.2) is 0 Å². The lowest BCUT2D eigenvalue weighted by molar-refractivity contribution is -0.114. The Bertz CT molecular complexity index is 408. The van der Waals surface area contributed by atoms with Gasteiger partial charge >= 0.3 is 0 Å². The average molecular weight is 204 g/mol. The molecule has 0 aliphatic rings. The summed E-state index contributed by atoms with van der Waals surface area (Å²) >= 11 is 0. The summed E-state index contributed by atoms with van der Waals surface area (Å²) in [6.45, 7) is 3.78. The molecule has 0 unspecified atom stereocenters. The van der Waals surface area contributed by atoms with E-state index >= 15 is 0 Å². The van der Waals surface area contributed by atoms with Crippen molar-refractivity contribution in [2.45, 2.75) is 13.8 Å². The SMILES string of the molecule is CCOc1ccc(C#N)cc1NC(C)=O. The van der Waals surface area contributed by atoms with Gasteiger partial charge < -0.3 is 10.1 Å². The van der Waals surface area contributed by atoms with Crippen molar-refractivity contribution in [2.75, 3.05) is 11.9 Å². The maximum Gasteiger partial charge on any atom is 0.221 e. The number of benzene rings is 1. The van der Waals surface area contributed by atoms with Crippen LogP contribution in [-0.4, -0.2) is 12.5 Å². The molecule has 1 amide bonds. The first-order valence-electron chi connectivity index (χ1n) is 4.62. The van der Waals surface area contributed by atoms with E-state index < -0.39 is 0 Å². The van der Waals surface area contributed by atoms with Gasteiger partial charge in [0.2, 0.25) is 5.91 Å². The highest BCUT2D eigenvalue weighted by molar-refractivity contribution is 5.90. The van der Waals surface area contributed by atoms with E-state index in [0.29, 0.717) is 23.6 Å². The van der Waals surface area contributed by atoms with Crippen LogP contribution >= 0.6 is 0 Å². The molecule has 0 heterocycles. The zero-order chi connectivity index (χ0) is 11.3. The van der Waals surface area contributed by atoms with Crippen LogP contribution in [0.2, 0.25) is 0 Å². The number of hydrogen-bond donors (Lipinski definition) is 1. The maximum atomic E-state index is 10.9. The van der Waals surface area contributed by atoms with Crippen LogP contribution < -0.4 is 10.1 Å². The van der Waals surface area contributed by atoms with Gasteiger partial charge in [-0.05, 0) is 25.1 Å². The van der Waals surface area contributed by atoms with Crippen molar-refractivity contribution in [1.29, 1.82) is 5.26 Å². The standard InChI is InChI=1S/C11H12N2O2/c1-3-15-11-5-4-9(7-12)6-10(11)13-8(2)14/h4-6H,3H2,1-2H3,(H,13,14). The Hall–Kier alpha value is -2.02. The second kappa shape index (κ2) is 5.01. The molecule has 0 aromatic heterocycles. The normalized spacial score (nSPS) is 9.13. The van der Waals surface area contributed by atoms with E-state index in [1.807, 2.05) is 13.0 Å². The molecule has 4 heteroatoms. The second-order valence-electron chi connectivity index (χ2n) is 2.94. The summed E-state index contributed by atoms with van der Waals surface area (Å²) in [5.41, 5.74) is 1.02. The molecule has 0 saturated carbocycles. The number of anilines is 1. The maximum absolute atomic E-state index is 10.9. The summed E-state index contributed by atoms with van der Waals surface area (Å²) in [5.74, 6) is 0.387. The molecular weight excluding hydrogens is 192 g/mol. The van der Waals surface area contributed by atoms with Crippen LogP contribution in [0.15, 0.2) is 18.2 Å². The summed E-state index contributed by atoms with van der Waals surface area (Å²) in [4.78, 5) is 10.9. The Balaban J connectivity index is 3.05. The number of ether oxygens (including phenoxy) is 1. The number of carbonyl (C=O) groups is 1. The Morgan fingerprint density at radius 3 is 2.87 bits per heavy atom. The first-order valence-corrected chi connectivity index (χ1v) is 4.62. The van der Waals surface area contributed by atoms with Gasteiger partial charge in [-0.2, -0.15) is 5.26 Å². The summed E-state index contributed by atoms with van der Waals surface area (Å²) < 4.78 is 5.31. The van der Waals surface area contributed by atoms with Crippen LogP contribution in [0.1, 0.15) is 19.4 Å². The second-order valence-corrected chi connectivity index (χ2v) is 2.94. The first-order chi connectivity index (χ1) is 7.17. The predicted molar refractivity (Wildman–Crippen MR) is 56.6 cm³/mol. The van der Waals surface area contributed by atoms with Crippen LogP contribution in [0, 0.1) is 11.3 Å². The van der Waals surface area contributed by atoms with Crippen molar-refractivity contribution >= 4 is 11.6 Å². The number of nitriles is 1. The van der Waals surface area contributed by atoms with E-state index in [2.05, 4.69) is 5.32 Å². The lowest BCUT2D eigenvalue weighted by atomic mass is 10.2. The van der Waals surface area contributed by atoms with E-state index in [1.165, 1.54) is 6.92 Å². The van der Waals surface area contributed by atoms with E-state index in [1.54, 1.807) is 18.2 Å². The molecule has 15 heavy (non-hydrogen) atoms. The van der Waals surface area contributed by atoms with Crippen LogP contribution in [0.4, 0.5) is 5.69 Å². The van der Waals surface area contributed by atoms with E-state index in [9.17, 15) is 4.79 Å². The number of carbonyl (C=O) groups excluding carboxylic acids is 1. The largest absolute Gasteiger partial charge is 0.492 e. The zero-order valence-corrected chi connectivity index (χ0v) is 8.70. The number of hydrogen-bond acceptors (Lipinski definition) is 3. The number of nitrogens with zero attached hydrogens (tertiary/aromatic N) is 1. The lowest BCUT2D eigenvalue weighted by Gasteiger charge is -2.10. The van der Waals surface area contributed by atoms with Crippen molar-refractivity contribution < 1.29 is 9.53 Å². The van der Waals surface area contributed by atoms with E-state index in [-0.39, 0.29) is 5.91 Å². The van der Waals surface area contributed by atoms with Gasteiger partial charge in [-0.1, -0.05) is 0 Å². The van der Waals surface area contributed by atoms with Crippen LogP contribution in [0.5, 0.6) is 5.75 Å². The van der Waals surface area contributed by atoms with Gasteiger partial charge in [0.25, 0.3) is 0 Å². The first kappa shape index (κ1) is 11.1. The smallest absolute Gasteiger partial charge is 0.221 e. The lowest BCUT2D eigenvalue weighted by Crippen LogP contribution is -2.08. The highest BCUT2D eigenvalue weighted by Gasteiger charge is 2.05. The van der Waals surface area contributed by atoms with Crippen molar-refractivity contribution in [3.05, 3.63) is 23.8 Å². The Kier molecular flexibility index (Phi) is 3.69. The minimum Gasteiger partial charge on any atom is -0.492 e. The Morgan fingerprint density at radius 2 is 2.33 bits per heavy atom.